The number of hydrogen-bond donors (Lipinski definition) is 0. The normalized spacial score (nSPS) is 11.4. The zero-order valence-electron chi connectivity index (χ0n) is 16.0. The Kier molecular flexibility index (Phi) is 7.23. The highest BCUT2D eigenvalue weighted by Crippen LogP contribution is 2.33. The third-order valence-electron chi connectivity index (χ3n) is 4.01. The highest BCUT2D eigenvalue weighted by molar-refractivity contribution is 5.89. The van der Waals surface area contributed by atoms with Crippen molar-refractivity contribution in [2.24, 2.45) is 0 Å². The number of methoxy groups -OCH3 is 2. The van der Waals surface area contributed by atoms with Crippen LogP contribution in [0.1, 0.15) is 47.9 Å². The Morgan fingerprint density at radius 3 is 2.30 bits per heavy atom. The first-order chi connectivity index (χ1) is 13.0. The fraction of sp³-hybridized carbons (Fsp3) is 0.333. The van der Waals surface area contributed by atoms with Crippen LogP contribution in [-0.4, -0.2) is 26.2 Å². The lowest BCUT2D eigenvalue weighted by molar-refractivity contribution is -0.146. The van der Waals surface area contributed by atoms with Crippen LogP contribution >= 0.6 is 0 Å². The zero-order valence-corrected chi connectivity index (χ0v) is 16.0. The van der Waals surface area contributed by atoms with Crippen molar-refractivity contribution in [1.29, 1.82) is 0 Å². The van der Waals surface area contributed by atoms with Crippen LogP contribution in [0.25, 0.3) is 0 Å². The van der Waals surface area contributed by atoms with E-state index in [0.29, 0.717) is 30.1 Å². The lowest BCUT2D eigenvalue weighted by Crippen LogP contribution is -2.09. The molecule has 0 saturated carbocycles. The van der Waals surface area contributed by atoms with E-state index in [1.54, 1.807) is 25.3 Å². The van der Waals surface area contributed by atoms with E-state index in [4.69, 9.17) is 14.2 Å². The summed E-state index contributed by atoms with van der Waals surface area (Å²) >= 11 is 0. The molecule has 0 aromatic heterocycles. The molecule has 6 heteroatoms. The van der Waals surface area contributed by atoms with Crippen molar-refractivity contribution >= 4 is 11.9 Å². The second kappa shape index (κ2) is 9.62. The van der Waals surface area contributed by atoms with Gasteiger partial charge in [0.25, 0.3) is 0 Å². The highest BCUT2D eigenvalue weighted by atomic mass is 16.5. The van der Waals surface area contributed by atoms with E-state index in [1.165, 1.54) is 14.0 Å². The van der Waals surface area contributed by atoms with Crippen molar-refractivity contribution in [3.63, 3.8) is 0 Å². The van der Waals surface area contributed by atoms with Crippen LogP contribution in [0.15, 0.2) is 42.5 Å². The minimum absolute atomic E-state index is 0.334. The average molecular weight is 372 g/mol. The first kappa shape index (κ1) is 20.3. The van der Waals surface area contributed by atoms with Crippen molar-refractivity contribution in [3.8, 4) is 11.5 Å². The molecular formula is C21H24O6. The summed E-state index contributed by atoms with van der Waals surface area (Å²) in [5.74, 6) is 0.521. The van der Waals surface area contributed by atoms with Gasteiger partial charge in [0, 0.05) is 18.6 Å². The molecule has 2 aromatic rings. The van der Waals surface area contributed by atoms with Gasteiger partial charge in [-0.3, -0.25) is 4.79 Å². The van der Waals surface area contributed by atoms with Crippen molar-refractivity contribution in [3.05, 3.63) is 59.2 Å². The molecule has 1 atom stereocenters. The molecule has 0 spiro atoms. The molecule has 0 bridgehead atoms. The fourth-order valence-electron chi connectivity index (χ4n) is 2.64. The molecule has 0 aliphatic carbocycles. The summed E-state index contributed by atoms with van der Waals surface area (Å²) in [4.78, 5) is 22.7. The summed E-state index contributed by atoms with van der Waals surface area (Å²) in [5, 5.41) is 0. The second-order valence-corrected chi connectivity index (χ2v) is 5.89. The van der Waals surface area contributed by atoms with Crippen LogP contribution in [0, 0.1) is 0 Å². The van der Waals surface area contributed by atoms with Gasteiger partial charge < -0.3 is 18.9 Å². The maximum atomic E-state index is 11.5. The van der Waals surface area contributed by atoms with E-state index in [1.807, 2.05) is 31.2 Å². The molecule has 6 nitrogen and oxygen atoms in total. The van der Waals surface area contributed by atoms with Crippen LogP contribution in [0.5, 0.6) is 11.5 Å². The van der Waals surface area contributed by atoms with Gasteiger partial charge in [0.15, 0.2) is 0 Å². The Morgan fingerprint density at radius 2 is 1.74 bits per heavy atom. The summed E-state index contributed by atoms with van der Waals surface area (Å²) in [6.07, 6.45) is 0.278. The predicted octanol–water partition coefficient (Wildman–Crippen LogP) is 4.08. The van der Waals surface area contributed by atoms with E-state index < -0.39 is 0 Å². The number of hydrogen-bond acceptors (Lipinski definition) is 6. The smallest absolute Gasteiger partial charge is 0.337 e. The minimum Gasteiger partial charge on any atom is -0.496 e. The molecule has 27 heavy (non-hydrogen) atoms. The molecule has 2 rings (SSSR count). The molecule has 0 heterocycles. The summed E-state index contributed by atoms with van der Waals surface area (Å²) in [6, 6.07) is 12.4. The molecule has 0 aliphatic heterocycles. The van der Waals surface area contributed by atoms with Gasteiger partial charge in [-0.15, -0.1) is 0 Å². The van der Waals surface area contributed by atoms with Crippen molar-refractivity contribution < 1.29 is 28.5 Å². The number of ether oxygens (including phenoxy) is 4. The van der Waals surface area contributed by atoms with Gasteiger partial charge in [0.2, 0.25) is 0 Å². The number of esters is 2. The SMILES string of the molecule is CCC(OC(C)=O)c1ccc(OCc2ccc(C(=O)OC)cc2)cc1OC. The lowest BCUT2D eigenvalue weighted by Gasteiger charge is -2.19. The summed E-state index contributed by atoms with van der Waals surface area (Å²) in [5.41, 5.74) is 2.20. The Morgan fingerprint density at radius 1 is 1.04 bits per heavy atom. The van der Waals surface area contributed by atoms with E-state index >= 15 is 0 Å². The van der Waals surface area contributed by atoms with E-state index in [-0.39, 0.29) is 18.0 Å². The predicted molar refractivity (Wildman–Crippen MR) is 99.9 cm³/mol. The average Bonchev–Trinajstić information content (AvgIpc) is 2.70. The molecule has 0 saturated heterocycles. The summed E-state index contributed by atoms with van der Waals surface area (Å²) in [6.45, 7) is 3.67. The number of carbonyl (C=O) groups excluding carboxylic acids is 2. The van der Waals surface area contributed by atoms with Gasteiger partial charge in [-0.25, -0.2) is 4.79 Å². The Bertz CT molecular complexity index is 782. The number of benzene rings is 2. The minimum atomic E-state index is -0.374. The summed E-state index contributed by atoms with van der Waals surface area (Å²) in [7, 11) is 2.91. The zero-order chi connectivity index (χ0) is 19.8. The quantitative estimate of drug-likeness (QED) is 0.651. The molecule has 0 radical (unpaired) electrons. The Hall–Kier alpha value is -3.02. The molecule has 0 amide bonds. The van der Waals surface area contributed by atoms with Crippen molar-refractivity contribution in [2.75, 3.05) is 14.2 Å². The van der Waals surface area contributed by atoms with E-state index in [2.05, 4.69) is 4.74 Å². The van der Waals surface area contributed by atoms with Crippen LogP contribution in [0.2, 0.25) is 0 Å². The third-order valence-corrected chi connectivity index (χ3v) is 4.01. The lowest BCUT2D eigenvalue weighted by atomic mass is 10.1. The largest absolute Gasteiger partial charge is 0.496 e. The fourth-order valence-corrected chi connectivity index (χ4v) is 2.64. The molecule has 0 N–H and O–H groups in total. The topological polar surface area (TPSA) is 71.1 Å². The van der Waals surface area contributed by atoms with Crippen molar-refractivity contribution in [1.82, 2.24) is 0 Å². The molecule has 0 aliphatic rings. The summed E-state index contributed by atoms with van der Waals surface area (Å²) < 4.78 is 21.3. The number of carbonyl (C=O) groups is 2. The van der Waals surface area contributed by atoms with E-state index in [0.717, 1.165) is 11.1 Å². The van der Waals surface area contributed by atoms with Crippen LogP contribution in [-0.2, 0) is 20.9 Å². The maximum Gasteiger partial charge on any atom is 0.337 e. The molecule has 1 unspecified atom stereocenters. The maximum absolute atomic E-state index is 11.5. The first-order valence-corrected chi connectivity index (χ1v) is 8.63. The van der Waals surface area contributed by atoms with Crippen LogP contribution in [0.3, 0.4) is 0 Å². The van der Waals surface area contributed by atoms with Crippen LogP contribution in [0.4, 0.5) is 0 Å². The first-order valence-electron chi connectivity index (χ1n) is 8.63. The second-order valence-electron chi connectivity index (χ2n) is 5.89. The van der Waals surface area contributed by atoms with Gasteiger partial charge in [-0.05, 0) is 36.2 Å². The molecule has 144 valence electrons. The van der Waals surface area contributed by atoms with Gasteiger partial charge in [-0.1, -0.05) is 19.1 Å². The van der Waals surface area contributed by atoms with Gasteiger partial charge in [0.05, 0.1) is 19.8 Å². The van der Waals surface area contributed by atoms with Gasteiger partial charge >= 0.3 is 11.9 Å². The molecule has 2 aromatic carbocycles. The van der Waals surface area contributed by atoms with Gasteiger partial charge in [-0.2, -0.15) is 0 Å². The number of rotatable bonds is 8. The van der Waals surface area contributed by atoms with E-state index in [9.17, 15) is 9.59 Å². The Balaban J connectivity index is 2.09. The van der Waals surface area contributed by atoms with Gasteiger partial charge in [0.1, 0.15) is 24.2 Å². The molecule has 0 fully saturated rings. The molecular weight excluding hydrogens is 348 g/mol. The Labute approximate surface area is 159 Å². The van der Waals surface area contributed by atoms with Crippen LogP contribution < -0.4 is 9.47 Å². The highest BCUT2D eigenvalue weighted by Gasteiger charge is 2.18. The van der Waals surface area contributed by atoms with Crippen molar-refractivity contribution in [2.45, 2.75) is 33.0 Å². The third kappa shape index (κ3) is 5.48. The monoisotopic (exact) mass is 372 g/mol. The standard InChI is InChI=1S/C21H24O6/c1-5-19(27-14(2)22)18-11-10-17(12-20(18)24-3)26-13-15-6-8-16(9-7-15)21(23)25-4/h6-12,19H,5,13H2,1-4H3.